The van der Waals surface area contributed by atoms with Gasteiger partial charge in [0.1, 0.15) is 11.5 Å². The normalized spacial score (nSPS) is 16.4. The van der Waals surface area contributed by atoms with E-state index in [1.807, 2.05) is 32.2 Å². The summed E-state index contributed by atoms with van der Waals surface area (Å²) in [5.74, 6) is 0.728. The van der Waals surface area contributed by atoms with Crippen molar-refractivity contribution in [1.82, 2.24) is 14.9 Å². The van der Waals surface area contributed by atoms with Gasteiger partial charge in [-0.15, -0.1) is 0 Å². The van der Waals surface area contributed by atoms with E-state index in [0.29, 0.717) is 31.9 Å². The number of nitrogens with zero attached hydrogens (tertiary/aromatic N) is 3. The molecule has 8 heteroatoms. The Balaban J connectivity index is 1.85. The lowest BCUT2D eigenvalue weighted by atomic mass is 10.1. The minimum absolute atomic E-state index is 0.0342. The lowest BCUT2D eigenvalue weighted by molar-refractivity contribution is -0.125. The highest BCUT2D eigenvalue weighted by Gasteiger charge is 2.30. The third kappa shape index (κ3) is 4.65. The van der Waals surface area contributed by atoms with Crippen LogP contribution >= 0.6 is 0 Å². The Labute approximate surface area is 170 Å². The average molecular weight is 396 g/mol. The van der Waals surface area contributed by atoms with Gasteiger partial charge in [-0.2, -0.15) is 0 Å². The van der Waals surface area contributed by atoms with Crippen LogP contribution in [0.15, 0.2) is 47.5 Å². The molecule has 0 unspecified atom stereocenters. The summed E-state index contributed by atoms with van der Waals surface area (Å²) in [7, 11) is 1.82. The number of aromatic nitrogens is 2. The molecule has 154 valence electrons. The smallest absolute Gasteiger partial charge is 0.271 e. The van der Waals surface area contributed by atoms with E-state index in [4.69, 9.17) is 5.73 Å². The van der Waals surface area contributed by atoms with E-state index in [2.05, 4.69) is 20.2 Å². The number of H-pyrrole nitrogens is 1. The van der Waals surface area contributed by atoms with Gasteiger partial charge in [0.25, 0.3) is 5.56 Å². The highest BCUT2D eigenvalue weighted by Crippen LogP contribution is 2.26. The zero-order chi connectivity index (χ0) is 20.8. The maximum atomic E-state index is 12.6. The number of carbonyl (C=O) groups is 1. The molecular weight excluding hydrogens is 368 g/mol. The van der Waals surface area contributed by atoms with Gasteiger partial charge in [0, 0.05) is 63.3 Å². The van der Waals surface area contributed by atoms with E-state index in [9.17, 15) is 9.59 Å². The molecule has 3 heterocycles. The number of likely N-dealkylation sites (N-methyl/N-ethyl adjacent to an activating group) is 1. The summed E-state index contributed by atoms with van der Waals surface area (Å²) in [5, 5.41) is 3.03. The standard InChI is InChI=1S/C21H28N6O2/c1-3-27(17-7-10-26(14-17)20(28)5-4-8-22)18-11-16(13-25-21(18)29)15-6-9-24-19(12-15)23-2/h4-6,9,11-13,17H,3,7-8,10,14,22H2,1-2H3,(H,23,24)(H,25,29)/b5-4+/t17-/m1/s1. The van der Waals surface area contributed by atoms with Crippen LogP contribution in [0.3, 0.4) is 0 Å². The summed E-state index contributed by atoms with van der Waals surface area (Å²) >= 11 is 0. The molecular formula is C21H28N6O2. The Kier molecular flexibility index (Phi) is 6.66. The fraction of sp³-hybridized carbons (Fsp3) is 0.381. The van der Waals surface area contributed by atoms with Crippen LogP contribution in [0.25, 0.3) is 11.1 Å². The number of aromatic amines is 1. The molecule has 29 heavy (non-hydrogen) atoms. The molecule has 0 saturated carbocycles. The van der Waals surface area contributed by atoms with Crippen molar-refractivity contribution < 1.29 is 4.79 Å². The maximum absolute atomic E-state index is 12.6. The van der Waals surface area contributed by atoms with Gasteiger partial charge < -0.3 is 25.8 Å². The summed E-state index contributed by atoms with van der Waals surface area (Å²) in [5.41, 5.74) is 7.79. The van der Waals surface area contributed by atoms with Crippen molar-refractivity contribution in [3.8, 4) is 11.1 Å². The molecule has 1 aliphatic heterocycles. The molecule has 1 fully saturated rings. The SMILES string of the molecule is CCN(c1cc(-c2ccnc(NC)c2)c[nH]c1=O)[C@@H]1CCN(C(=O)/C=C/CN)C1. The van der Waals surface area contributed by atoms with Gasteiger partial charge >= 0.3 is 0 Å². The van der Waals surface area contributed by atoms with Crippen molar-refractivity contribution >= 4 is 17.4 Å². The summed E-state index contributed by atoms with van der Waals surface area (Å²) in [6.45, 7) is 4.30. The number of hydrogen-bond acceptors (Lipinski definition) is 6. The number of anilines is 2. The zero-order valence-corrected chi connectivity index (χ0v) is 16.9. The first kappa shape index (κ1) is 20.6. The molecule has 1 saturated heterocycles. The highest BCUT2D eigenvalue weighted by atomic mass is 16.2. The number of carbonyl (C=O) groups excluding carboxylic acids is 1. The molecule has 1 amide bonds. The second-order valence-corrected chi connectivity index (χ2v) is 6.93. The van der Waals surface area contributed by atoms with Crippen LogP contribution in [0, 0.1) is 0 Å². The van der Waals surface area contributed by atoms with Crippen LogP contribution in [-0.4, -0.2) is 60.0 Å². The number of hydrogen-bond donors (Lipinski definition) is 3. The predicted molar refractivity (Wildman–Crippen MR) is 116 cm³/mol. The fourth-order valence-electron chi connectivity index (χ4n) is 3.69. The molecule has 3 rings (SSSR count). The van der Waals surface area contributed by atoms with Gasteiger partial charge in [0.2, 0.25) is 5.91 Å². The summed E-state index contributed by atoms with van der Waals surface area (Å²) < 4.78 is 0. The Morgan fingerprint density at radius 3 is 3.00 bits per heavy atom. The predicted octanol–water partition coefficient (Wildman–Crippen LogP) is 1.42. The molecule has 0 spiro atoms. The van der Waals surface area contributed by atoms with Crippen LogP contribution < -0.4 is 21.5 Å². The Morgan fingerprint density at radius 2 is 2.28 bits per heavy atom. The molecule has 0 aliphatic carbocycles. The monoisotopic (exact) mass is 396 g/mol. The quantitative estimate of drug-likeness (QED) is 0.611. The number of nitrogens with two attached hydrogens (primary N) is 1. The van der Waals surface area contributed by atoms with Crippen molar-refractivity contribution in [1.29, 1.82) is 0 Å². The molecule has 2 aromatic heterocycles. The van der Waals surface area contributed by atoms with Gasteiger partial charge in [-0.1, -0.05) is 6.08 Å². The second-order valence-electron chi connectivity index (χ2n) is 6.93. The molecule has 2 aromatic rings. The molecule has 8 nitrogen and oxygen atoms in total. The molecule has 0 aromatic carbocycles. The molecule has 1 atom stereocenters. The number of likely N-dealkylation sites (tertiary alicyclic amines) is 1. The van der Waals surface area contributed by atoms with E-state index >= 15 is 0 Å². The summed E-state index contributed by atoms with van der Waals surface area (Å²) in [4.78, 5) is 35.9. The van der Waals surface area contributed by atoms with Gasteiger partial charge in [0.15, 0.2) is 0 Å². The van der Waals surface area contributed by atoms with Crippen molar-refractivity contribution in [2.24, 2.45) is 5.73 Å². The van der Waals surface area contributed by atoms with Crippen molar-refractivity contribution in [3.05, 3.63) is 53.1 Å². The highest BCUT2D eigenvalue weighted by molar-refractivity contribution is 5.88. The first-order chi connectivity index (χ1) is 14.1. The summed E-state index contributed by atoms with van der Waals surface area (Å²) in [6.07, 6.45) is 7.46. The van der Waals surface area contributed by atoms with Crippen molar-refractivity contribution in [2.75, 3.05) is 43.4 Å². The van der Waals surface area contributed by atoms with Gasteiger partial charge in [0.05, 0.1) is 0 Å². The van der Waals surface area contributed by atoms with Crippen LogP contribution in [-0.2, 0) is 4.79 Å². The fourth-order valence-corrected chi connectivity index (χ4v) is 3.69. The van der Waals surface area contributed by atoms with Gasteiger partial charge in [-0.3, -0.25) is 9.59 Å². The third-order valence-corrected chi connectivity index (χ3v) is 5.20. The van der Waals surface area contributed by atoms with Gasteiger partial charge in [-0.25, -0.2) is 4.98 Å². The Bertz CT molecular complexity index is 939. The van der Waals surface area contributed by atoms with Crippen LogP contribution in [0.4, 0.5) is 11.5 Å². The third-order valence-electron chi connectivity index (χ3n) is 5.20. The average Bonchev–Trinajstić information content (AvgIpc) is 3.24. The minimum Gasteiger partial charge on any atom is -0.373 e. The van der Waals surface area contributed by atoms with Crippen molar-refractivity contribution in [2.45, 2.75) is 19.4 Å². The minimum atomic E-state index is -0.133. The van der Waals surface area contributed by atoms with Crippen LogP contribution in [0.1, 0.15) is 13.3 Å². The molecule has 4 N–H and O–H groups in total. The van der Waals surface area contributed by atoms with E-state index in [-0.39, 0.29) is 17.5 Å². The zero-order valence-electron chi connectivity index (χ0n) is 16.9. The number of nitrogens with one attached hydrogen (secondary N) is 2. The lowest BCUT2D eigenvalue weighted by Gasteiger charge is -2.29. The Hall–Kier alpha value is -3.13. The first-order valence-corrected chi connectivity index (χ1v) is 9.86. The number of amides is 1. The number of rotatable bonds is 7. The van der Waals surface area contributed by atoms with Crippen LogP contribution in [0.2, 0.25) is 0 Å². The number of pyridine rings is 2. The van der Waals surface area contributed by atoms with Gasteiger partial charge in [-0.05, 0) is 37.1 Å². The van der Waals surface area contributed by atoms with Crippen molar-refractivity contribution in [3.63, 3.8) is 0 Å². The maximum Gasteiger partial charge on any atom is 0.271 e. The van der Waals surface area contributed by atoms with E-state index in [1.54, 1.807) is 23.4 Å². The molecule has 0 bridgehead atoms. The largest absolute Gasteiger partial charge is 0.373 e. The van der Waals surface area contributed by atoms with E-state index < -0.39 is 0 Å². The van der Waals surface area contributed by atoms with E-state index in [0.717, 1.165) is 23.4 Å². The first-order valence-electron chi connectivity index (χ1n) is 9.86. The topological polar surface area (TPSA) is 107 Å². The second kappa shape index (κ2) is 9.38. The summed E-state index contributed by atoms with van der Waals surface area (Å²) in [6, 6.07) is 5.86. The molecule has 0 radical (unpaired) electrons. The van der Waals surface area contributed by atoms with E-state index in [1.165, 1.54) is 6.08 Å². The Morgan fingerprint density at radius 1 is 1.45 bits per heavy atom. The molecule has 1 aliphatic rings. The van der Waals surface area contributed by atoms with Crippen LogP contribution in [0.5, 0.6) is 0 Å². The lowest BCUT2D eigenvalue weighted by Crippen LogP contribution is -2.41.